The number of carboxylic acids is 1. The number of carbonyl (C=O) groups excluding carboxylic acids is 1. The summed E-state index contributed by atoms with van der Waals surface area (Å²) in [7, 11) is 3.14. The van der Waals surface area contributed by atoms with Crippen LogP contribution in [0.4, 0.5) is 0 Å². The minimum Gasteiger partial charge on any atom is -0.493 e. The van der Waals surface area contributed by atoms with Crippen LogP contribution in [0.1, 0.15) is 28.1 Å². The zero-order valence-corrected chi connectivity index (χ0v) is 12.9. The first kappa shape index (κ1) is 15.3. The topological polar surface area (TPSA) is 72.8 Å². The average molecular weight is 308 g/mol. The molecular weight excluding hydrogens is 292 g/mol. The molecule has 0 fully saturated rings. The van der Waals surface area contributed by atoms with E-state index in [1.807, 2.05) is 13.0 Å². The number of hydrogen-bond acceptors (Lipinski definition) is 5. The summed E-state index contributed by atoms with van der Waals surface area (Å²) >= 11 is 1.34. The van der Waals surface area contributed by atoms with Crippen molar-refractivity contribution in [2.75, 3.05) is 14.2 Å². The van der Waals surface area contributed by atoms with Gasteiger partial charge in [-0.1, -0.05) is 0 Å². The van der Waals surface area contributed by atoms with Crippen molar-refractivity contribution in [1.82, 2.24) is 0 Å². The zero-order chi connectivity index (χ0) is 15.6. The van der Waals surface area contributed by atoms with E-state index in [0.717, 1.165) is 15.6 Å². The van der Waals surface area contributed by atoms with Gasteiger partial charge in [0.25, 0.3) is 0 Å². The average Bonchev–Trinajstić information content (AvgIpc) is 2.88. The van der Waals surface area contributed by atoms with Gasteiger partial charge in [0.2, 0.25) is 0 Å². The number of rotatable bonds is 6. The molecule has 0 spiro atoms. The predicted octanol–water partition coefficient (Wildman–Crippen LogP) is 3.27. The summed E-state index contributed by atoms with van der Waals surface area (Å²) in [4.78, 5) is 23.1. The molecule has 1 heterocycles. The summed E-state index contributed by atoms with van der Waals surface area (Å²) in [5, 5.41) is 9.58. The lowest BCUT2D eigenvalue weighted by atomic mass is 10.1. The smallest absolute Gasteiger partial charge is 0.303 e. The van der Waals surface area contributed by atoms with Crippen LogP contribution in [0.5, 0.6) is 11.5 Å². The van der Waals surface area contributed by atoms with Gasteiger partial charge in [0, 0.05) is 28.1 Å². The molecule has 0 atom stereocenters. The van der Waals surface area contributed by atoms with Gasteiger partial charge in [0.1, 0.15) is 0 Å². The SMILES string of the molecule is COc1cc2sc(C(=O)CCC(=O)O)cc2c(C)c1OC. The largest absolute Gasteiger partial charge is 0.493 e. The number of carboxylic acid groups (broad SMARTS) is 1. The number of aryl methyl sites for hydroxylation is 1. The van der Waals surface area contributed by atoms with Crippen LogP contribution in [0.15, 0.2) is 12.1 Å². The number of fused-ring (bicyclic) bond motifs is 1. The quantitative estimate of drug-likeness (QED) is 0.829. The Hall–Kier alpha value is -2.08. The summed E-state index contributed by atoms with van der Waals surface area (Å²) in [6.45, 7) is 1.90. The Bertz CT molecular complexity index is 702. The number of hydrogen-bond donors (Lipinski definition) is 1. The van der Waals surface area contributed by atoms with E-state index in [1.54, 1.807) is 20.3 Å². The first-order valence-corrected chi connectivity index (χ1v) is 7.19. The van der Waals surface area contributed by atoms with Gasteiger partial charge in [0.15, 0.2) is 17.3 Å². The standard InChI is InChI=1S/C15H16O5S/c1-8-9-6-13(10(16)4-5-14(17)18)21-12(9)7-11(19-2)15(8)20-3/h6-7H,4-5H2,1-3H3,(H,17,18). The number of aliphatic carboxylic acids is 1. The number of benzene rings is 1. The van der Waals surface area contributed by atoms with Crippen LogP contribution in [-0.2, 0) is 4.79 Å². The van der Waals surface area contributed by atoms with E-state index < -0.39 is 5.97 Å². The van der Waals surface area contributed by atoms with E-state index in [2.05, 4.69) is 0 Å². The molecule has 1 aromatic heterocycles. The van der Waals surface area contributed by atoms with E-state index in [9.17, 15) is 9.59 Å². The highest BCUT2D eigenvalue weighted by Crippen LogP contribution is 2.40. The zero-order valence-electron chi connectivity index (χ0n) is 12.1. The van der Waals surface area contributed by atoms with E-state index in [4.69, 9.17) is 14.6 Å². The van der Waals surface area contributed by atoms with E-state index in [0.29, 0.717) is 16.4 Å². The molecule has 1 N–H and O–H groups in total. The Morgan fingerprint density at radius 1 is 1.19 bits per heavy atom. The van der Waals surface area contributed by atoms with Gasteiger partial charge in [-0.05, 0) is 13.0 Å². The van der Waals surface area contributed by atoms with Crippen LogP contribution in [0.2, 0.25) is 0 Å². The van der Waals surface area contributed by atoms with Gasteiger partial charge in [-0.15, -0.1) is 11.3 Å². The van der Waals surface area contributed by atoms with Crippen molar-refractivity contribution >= 4 is 33.2 Å². The molecule has 2 rings (SSSR count). The lowest BCUT2D eigenvalue weighted by Gasteiger charge is -2.10. The van der Waals surface area contributed by atoms with Gasteiger partial charge in [0.05, 0.1) is 25.5 Å². The number of carbonyl (C=O) groups is 2. The summed E-state index contributed by atoms with van der Waals surface area (Å²) in [6, 6.07) is 3.63. The molecule has 6 heteroatoms. The lowest BCUT2D eigenvalue weighted by molar-refractivity contribution is -0.136. The monoisotopic (exact) mass is 308 g/mol. The minimum absolute atomic E-state index is 0.00940. The molecule has 0 saturated heterocycles. The molecule has 1 aromatic carbocycles. The molecule has 0 saturated carbocycles. The second kappa shape index (κ2) is 6.13. The van der Waals surface area contributed by atoms with Crippen LogP contribution >= 0.6 is 11.3 Å². The maximum atomic E-state index is 12.0. The number of Topliss-reactive ketones (excluding diaryl/α,β-unsaturated/α-hetero) is 1. The fourth-order valence-corrected chi connectivity index (χ4v) is 3.30. The highest BCUT2D eigenvalue weighted by molar-refractivity contribution is 7.20. The third kappa shape index (κ3) is 3.00. The molecule has 0 unspecified atom stereocenters. The lowest BCUT2D eigenvalue weighted by Crippen LogP contribution is -2.01. The van der Waals surface area contributed by atoms with Gasteiger partial charge >= 0.3 is 5.97 Å². The van der Waals surface area contributed by atoms with Crippen molar-refractivity contribution in [2.45, 2.75) is 19.8 Å². The Balaban J connectivity index is 2.44. The normalized spacial score (nSPS) is 10.6. The molecule has 0 aliphatic heterocycles. The van der Waals surface area contributed by atoms with Gasteiger partial charge < -0.3 is 14.6 Å². The molecule has 0 bridgehead atoms. The molecule has 112 valence electrons. The molecule has 0 amide bonds. The van der Waals surface area contributed by atoms with Crippen molar-refractivity contribution in [3.63, 3.8) is 0 Å². The van der Waals surface area contributed by atoms with Crippen molar-refractivity contribution in [3.8, 4) is 11.5 Å². The molecule has 0 radical (unpaired) electrons. The maximum Gasteiger partial charge on any atom is 0.303 e. The summed E-state index contributed by atoms with van der Waals surface area (Å²) in [5.41, 5.74) is 0.903. The number of ether oxygens (including phenoxy) is 2. The molecule has 0 aliphatic rings. The Morgan fingerprint density at radius 2 is 1.90 bits per heavy atom. The Morgan fingerprint density at radius 3 is 2.48 bits per heavy atom. The van der Waals surface area contributed by atoms with Gasteiger partial charge in [-0.3, -0.25) is 9.59 Å². The highest BCUT2D eigenvalue weighted by Gasteiger charge is 2.17. The van der Waals surface area contributed by atoms with Crippen LogP contribution in [0.3, 0.4) is 0 Å². The second-order valence-electron chi connectivity index (χ2n) is 4.58. The molecule has 0 aliphatic carbocycles. The first-order valence-electron chi connectivity index (χ1n) is 6.38. The van der Waals surface area contributed by atoms with Crippen molar-refractivity contribution < 1.29 is 24.2 Å². The number of thiophene rings is 1. The van der Waals surface area contributed by atoms with Crippen molar-refractivity contribution in [3.05, 3.63) is 22.6 Å². The van der Waals surface area contributed by atoms with E-state index >= 15 is 0 Å². The Labute approximate surface area is 126 Å². The van der Waals surface area contributed by atoms with Crippen LogP contribution in [0, 0.1) is 6.92 Å². The van der Waals surface area contributed by atoms with E-state index in [1.165, 1.54) is 11.3 Å². The van der Waals surface area contributed by atoms with E-state index in [-0.39, 0.29) is 18.6 Å². The van der Waals surface area contributed by atoms with Crippen LogP contribution < -0.4 is 9.47 Å². The highest BCUT2D eigenvalue weighted by atomic mass is 32.1. The third-order valence-electron chi connectivity index (χ3n) is 3.26. The third-order valence-corrected chi connectivity index (χ3v) is 4.38. The van der Waals surface area contributed by atoms with Gasteiger partial charge in [-0.2, -0.15) is 0 Å². The fraction of sp³-hybridized carbons (Fsp3) is 0.333. The molecule has 5 nitrogen and oxygen atoms in total. The van der Waals surface area contributed by atoms with Crippen LogP contribution in [0.25, 0.3) is 10.1 Å². The minimum atomic E-state index is -0.969. The summed E-state index contributed by atoms with van der Waals surface area (Å²) in [5.74, 6) is 0.140. The molecule has 21 heavy (non-hydrogen) atoms. The second-order valence-corrected chi connectivity index (χ2v) is 5.66. The molecular formula is C15H16O5S. The molecule has 2 aromatic rings. The number of methoxy groups -OCH3 is 2. The Kier molecular flexibility index (Phi) is 4.47. The van der Waals surface area contributed by atoms with Gasteiger partial charge in [-0.25, -0.2) is 0 Å². The van der Waals surface area contributed by atoms with Crippen molar-refractivity contribution in [1.29, 1.82) is 0 Å². The predicted molar refractivity (Wildman–Crippen MR) is 80.9 cm³/mol. The fourth-order valence-electron chi connectivity index (χ4n) is 2.18. The van der Waals surface area contributed by atoms with Crippen LogP contribution in [-0.4, -0.2) is 31.1 Å². The number of ketones is 1. The summed E-state index contributed by atoms with van der Waals surface area (Å²) < 4.78 is 11.6. The van der Waals surface area contributed by atoms with Crippen molar-refractivity contribution in [2.24, 2.45) is 0 Å². The summed E-state index contributed by atoms with van der Waals surface area (Å²) in [6.07, 6.45) is -0.145. The first-order chi connectivity index (χ1) is 9.97. The maximum absolute atomic E-state index is 12.0.